The van der Waals surface area contributed by atoms with Crippen molar-refractivity contribution in [1.29, 1.82) is 0 Å². The van der Waals surface area contributed by atoms with Gasteiger partial charge >= 0.3 is 18.8 Å². The molecule has 2 aliphatic rings. The van der Waals surface area contributed by atoms with Gasteiger partial charge in [-0.25, -0.2) is 17.6 Å². The molecule has 16 heteroatoms. The SMILES string of the molecule is O=C1c2cc(-c3nnc(C(F)F)o3)cnc2CN1[C@@H]1CCCC(F)(F)[C@H]1NC(=O)C(F)(F)C(F)F. The molecule has 0 unspecified atom stereocenters. The lowest BCUT2D eigenvalue weighted by atomic mass is 9.85. The Bertz CT molecular complexity index is 1140. The van der Waals surface area contributed by atoms with Gasteiger partial charge in [-0.3, -0.25) is 14.6 Å². The quantitative estimate of drug-likeness (QED) is 0.593. The maximum atomic E-state index is 14.6. The summed E-state index contributed by atoms with van der Waals surface area (Å²) in [7, 11) is 0. The molecule has 1 N–H and O–H groups in total. The van der Waals surface area contributed by atoms with Gasteiger partial charge in [0.2, 0.25) is 5.89 Å². The van der Waals surface area contributed by atoms with E-state index in [2.05, 4.69) is 15.2 Å². The molecule has 0 aromatic carbocycles. The summed E-state index contributed by atoms with van der Waals surface area (Å²) in [6, 6.07) is -2.72. The number of rotatable bonds is 6. The number of hydrogen-bond donors (Lipinski definition) is 1. The van der Waals surface area contributed by atoms with Gasteiger partial charge in [0.1, 0.15) is 6.04 Å². The lowest BCUT2D eigenvalue weighted by Crippen LogP contribution is -2.64. The zero-order chi connectivity index (χ0) is 25.7. The van der Waals surface area contributed by atoms with Crippen LogP contribution in [0.2, 0.25) is 0 Å². The highest BCUT2D eigenvalue weighted by atomic mass is 19.3. The normalized spacial score (nSPS) is 22.1. The molecule has 1 saturated carbocycles. The summed E-state index contributed by atoms with van der Waals surface area (Å²) in [6.45, 7) is -0.348. The van der Waals surface area contributed by atoms with E-state index >= 15 is 0 Å². The van der Waals surface area contributed by atoms with E-state index in [-0.39, 0.29) is 42.1 Å². The van der Waals surface area contributed by atoms with E-state index < -0.39 is 60.9 Å². The van der Waals surface area contributed by atoms with E-state index in [9.17, 15) is 44.7 Å². The van der Waals surface area contributed by atoms with Crippen LogP contribution in [0.15, 0.2) is 16.7 Å². The van der Waals surface area contributed by atoms with E-state index in [1.807, 2.05) is 0 Å². The van der Waals surface area contributed by atoms with E-state index in [1.54, 1.807) is 0 Å². The van der Waals surface area contributed by atoms with Crippen molar-refractivity contribution in [3.05, 3.63) is 29.4 Å². The van der Waals surface area contributed by atoms with Gasteiger partial charge in [-0.2, -0.15) is 17.6 Å². The van der Waals surface area contributed by atoms with Crippen LogP contribution < -0.4 is 5.32 Å². The number of alkyl halides is 8. The van der Waals surface area contributed by atoms with Gasteiger partial charge < -0.3 is 14.6 Å². The standard InChI is InChI=1S/C19H15F8N5O3/c20-12(21)14-31-30-13(35-14)7-4-8-9(28-5-7)6-32(15(8)33)10-2-1-3-18(24,25)11(10)29-17(34)19(26,27)16(22)23/h4-5,10-12,16H,1-3,6H2,(H,29,34)/t10-,11+/m1/s1. The third-order valence-corrected chi connectivity index (χ3v) is 5.77. The number of carbonyl (C=O) groups excluding carboxylic acids is 2. The van der Waals surface area contributed by atoms with E-state index in [0.717, 1.165) is 17.2 Å². The molecular formula is C19H15F8N5O3. The maximum absolute atomic E-state index is 14.6. The first-order chi connectivity index (χ1) is 16.3. The number of pyridine rings is 1. The first-order valence-corrected chi connectivity index (χ1v) is 10.1. The highest BCUT2D eigenvalue weighted by Crippen LogP contribution is 2.39. The van der Waals surface area contributed by atoms with Crippen molar-refractivity contribution in [2.24, 2.45) is 0 Å². The topological polar surface area (TPSA) is 101 Å². The van der Waals surface area contributed by atoms with Crippen molar-refractivity contribution in [1.82, 2.24) is 25.4 Å². The second kappa shape index (κ2) is 8.71. The van der Waals surface area contributed by atoms with Crippen LogP contribution in [0.25, 0.3) is 11.5 Å². The number of amides is 2. The second-order valence-corrected chi connectivity index (χ2v) is 7.99. The number of fused-ring (bicyclic) bond motifs is 1. The van der Waals surface area contributed by atoms with Crippen LogP contribution in [-0.4, -0.2) is 62.2 Å². The molecule has 8 nitrogen and oxygen atoms in total. The minimum atomic E-state index is -5.21. The molecule has 1 fully saturated rings. The molecule has 3 heterocycles. The molecule has 2 amide bonds. The summed E-state index contributed by atoms with van der Waals surface area (Å²) in [5.74, 6) is -13.8. The van der Waals surface area contributed by atoms with Crippen LogP contribution in [0.1, 0.15) is 47.6 Å². The smallest absolute Gasteiger partial charge is 0.383 e. The van der Waals surface area contributed by atoms with Crippen molar-refractivity contribution < 1.29 is 49.1 Å². The summed E-state index contributed by atoms with van der Waals surface area (Å²) < 4.78 is 111. The van der Waals surface area contributed by atoms with Crippen molar-refractivity contribution in [3.8, 4) is 11.5 Å². The summed E-state index contributed by atoms with van der Waals surface area (Å²) in [4.78, 5) is 29.6. The Morgan fingerprint density at radius 3 is 2.57 bits per heavy atom. The summed E-state index contributed by atoms with van der Waals surface area (Å²) in [6.07, 6.45) is -7.46. The van der Waals surface area contributed by atoms with E-state index in [0.29, 0.717) is 0 Å². The number of carbonyl (C=O) groups is 2. The van der Waals surface area contributed by atoms with Crippen LogP contribution in [0.3, 0.4) is 0 Å². The number of nitrogens with zero attached hydrogens (tertiary/aromatic N) is 4. The Morgan fingerprint density at radius 2 is 1.94 bits per heavy atom. The molecule has 0 bridgehead atoms. The van der Waals surface area contributed by atoms with E-state index in [4.69, 9.17) is 4.42 Å². The molecule has 0 spiro atoms. The van der Waals surface area contributed by atoms with Gasteiger partial charge in [0.05, 0.1) is 29.4 Å². The average Bonchev–Trinajstić information content (AvgIpc) is 3.40. The van der Waals surface area contributed by atoms with Crippen LogP contribution in [-0.2, 0) is 11.3 Å². The molecule has 1 aliphatic heterocycles. The molecule has 0 radical (unpaired) electrons. The minimum Gasteiger partial charge on any atom is -0.415 e. The molecular weight excluding hydrogens is 498 g/mol. The number of hydrogen-bond acceptors (Lipinski definition) is 6. The van der Waals surface area contributed by atoms with Gasteiger partial charge in [-0.1, -0.05) is 0 Å². The summed E-state index contributed by atoms with van der Waals surface area (Å²) >= 11 is 0. The Labute approximate surface area is 190 Å². The van der Waals surface area contributed by atoms with Crippen molar-refractivity contribution >= 4 is 11.8 Å². The molecule has 2 aromatic rings. The minimum absolute atomic E-state index is 0.0197. The molecule has 35 heavy (non-hydrogen) atoms. The van der Waals surface area contributed by atoms with Crippen molar-refractivity contribution in [2.75, 3.05) is 0 Å². The Morgan fingerprint density at radius 1 is 1.23 bits per heavy atom. The van der Waals surface area contributed by atoms with Gasteiger partial charge in [-0.05, 0) is 18.9 Å². The van der Waals surface area contributed by atoms with Crippen LogP contribution in [0, 0.1) is 0 Å². The lowest BCUT2D eigenvalue weighted by Gasteiger charge is -2.42. The first kappa shape index (κ1) is 24.8. The maximum Gasteiger partial charge on any atom is 0.383 e. The predicted molar refractivity (Wildman–Crippen MR) is 97.8 cm³/mol. The van der Waals surface area contributed by atoms with Crippen molar-refractivity contribution in [2.45, 2.75) is 62.6 Å². The first-order valence-electron chi connectivity index (χ1n) is 10.1. The molecule has 190 valence electrons. The molecule has 0 saturated heterocycles. The van der Waals surface area contributed by atoms with Gasteiger partial charge in [0, 0.05) is 12.6 Å². The van der Waals surface area contributed by atoms with Gasteiger partial charge in [-0.15, -0.1) is 10.2 Å². The third kappa shape index (κ3) is 4.40. The lowest BCUT2D eigenvalue weighted by molar-refractivity contribution is -0.175. The molecule has 2 aromatic heterocycles. The third-order valence-electron chi connectivity index (χ3n) is 5.77. The van der Waals surface area contributed by atoms with Crippen molar-refractivity contribution in [3.63, 3.8) is 0 Å². The van der Waals surface area contributed by atoms with Crippen LogP contribution >= 0.6 is 0 Å². The monoisotopic (exact) mass is 513 g/mol. The number of halogens is 8. The van der Waals surface area contributed by atoms with Gasteiger partial charge in [0.25, 0.3) is 23.6 Å². The Hall–Kier alpha value is -3.33. The predicted octanol–water partition coefficient (Wildman–Crippen LogP) is 3.60. The number of nitrogens with one attached hydrogen (secondary N) is 1. The Kier molecular flexibility index (Phi) is 6.17. The highest BCUT2D eigenvalue weighted by Gasteiger charge is 2.56. The zero-order valence-electron chi connectivity index (χ0n) is 17.3. The van der Waals surface area contributed by atoms with E-state index in [1.165, 1.54) is 5.32 Å². The zero-order valence-corrected chi connectivity index (χ0v) is 17.3. The summed E-state index contributed by atoms with van der Waals surface area (Å²) in [5, 5.41) is 7.90. The largest absolute Gasteiger partial charge is 0.415 e. The van der Waals surface area contributed by atoms with Crippen LogP contribution in [0.4, 0.5) is 35.1 Å². The molecule has 4 rings (SSSR count). The fraction of sp³-hybridized carbons (Fsp3) is 0.526. The van der Waals surface area contributed by atoms with Gasteiger partial charge in [0.15, 0.2) is 0 Å². The second-order valence-electron chi connectivity index (χ2n) is 7.99. The summed E-state index contributed by atoms with van der Waals surface area (Å²) in [5.41, 5.74) is -0.0610. The Balaban J connectivity index is 1.60. The number of aromatic nitrogens is 3. The fourth-order valence-corrected chi connectivity index (χ4v) is 4.04. The average molecular weight is 513 g/mol. The van der Waals surface area contributed by atoms with Crippen LogP contribution in [0.5, 0.6) is 0 Å². The molecule has 2 atom stereocenters. The highest BCUT2D eigenvalue weighted by molar-refractivity contribution is 5.99. The molecule has 1 aliphatic carbocycles. The fourth-order valence-electron chi connectivity index (χ4n) is 4.04.